The first-order valence-electron chi connectivity index (χ1n) is 7.41. The highest BCUT2D eigenvalue weighted by Gasteiger charge is 2.07. The number of aliphatic carboxylic acids is 1. The van der Waals surface area contributed by atoms with Crippen LogP contribution in [-0.2, 0) is 14.4 Å². The summed E-state index contributed by atoms with van der Waals surface area (Å²) in [6, 6.07) is 13.3. The van der Waals surface area contributed by atoms with Gasteiger partial charge in [0.15, 0.2) is 6.61 Å². The van der Waals surface area contributed by atoms with Crippen LogP contribution in [0.15, 0.2) is 42.5 Å². The van der Waals surface area contributed by atoms with Gasteiger partial charge in [-0.2, -0.15) is 0 Å². The van der Waals surface area contributed by atoms with Gasteiger partial charge in [0.2, 0.25) is 5.91 Å². The van der Waals surface area contributed by atoms with E-state index in [1.165, 1.54) is 0 Å². The topological polar surface area (TPSA) is 105 Å². The molecule has 3 N–H and O–H groups in total. The summed E-state index contributed by atoms with van der Waals surface area (Å²) in [6.07, 6.45) is -0.162. The van der Waals surface area contributed by atoms with E-state index in [4.69, 9.17) is 9.84 Å². The van der Waals surface area contributed by atoms with Crippen molar-refractivity contribution in [1.82, 2.24) is 10.6 Å². The van der Waals surface area contributed by atoms with E-state index in [0.717, 1.165) is 10.8 Å². The van der Waals surface area contributed by atoms with Crippen LogP contribution in [0.1, 0.15) is 6.42 Å². The van der Waals surface area contributed by atoms with Crippen LogP contribution in [0.25, 0.3) is 10.8 Å². The molecule has 2 amide bonds. The van der Waals surface area contributed by atoms with E-state index < -0.39 is 17.8 Å². The summed E-state index contributed by atoms with van der Waals surface area (Å²) in [7, 11) is 0. The zero-order valence-electron chi connectivity index (χ0n) is 13.0. The Morgan fingerprint density at radius 3 is 2.46 bits per heavy atom. The zero-order valence-corrected chi connectivity index (χ0v) is 13.0. The second-order valence-electron chi connectivity index (χ2n) is 5.07. The highest BCUT2D eigenvalue weighted by molar-refractivity contribution is 5.86. The lowest BCUT2D eigenvalue weighted by Crippen LogP contribution is -2.39. The third-order valence-electron chi connectivity index (χ3n) is 3.20. The maximum atomic E-state index is 11.7. The summed E-state index contributed by atoms with van der Waals surface area (Å²) < 4.78 is 5.40. The van der Waals surface area contributed by atoms with Gasteiger partial charge in [-0.15, -0.1) is 0 Å². The molecule has 7 nitrogen and oxygen atoms in total. The molecule has 0 saturated carbocycles. The van der Waals surface area contributed by atoms with Crippen molar-refractivity contribution >= 4 is 28.6 Å². The monoisotopic (exact) mass is 330 g/mol. The van der Waals surface area contributed by atoms with E-state index >= 15 is 0 Å². The number of carbonyl (C=O) groups excluding carboxylic acids is 2. The average Bonchev–Trinajstić information content (AvgIpc) is 2.57. The van der Waals surface area contributed by atoms with Crippen LogP contribution in [0.3, 0.4) is 0 Å². The van der Waals surface area contributed by atoms with Gasteiger partial charge in [-0.1, -0.05) is 30.3 Å². The largest absolute Gasteiger partial charge is 0.484 e. The number of nitrogens with one attached hydrogen (secondary N) is 2. The fourth-order valence-electron chi connectivity index (χ4n) is 2.01. The molecule has 0 bridgehead atoms. The first-order valence-corrected chi connectivity index (χ1v) is 7.41. The van der Waals surface area contributed by atoms with Gasteiger partial charge in [0.1, 0.15) is 5.75 Å². The van der Waals surface area contributed by atoms with Crippen molar-refractivity contribution in [2.75, 3.05) is 19.7 Å². The fraction of sp³-hybridized carbons (Fsp3) is 0.235. The van der Waals surface area contributed by atoms with Gasteiger partial charge in [-0.3, -0.25) is 14.4 Å². The Balaban J connectivity index is 1.72. The molecule has 2 rings (SSSR count). The molecule has 2 aromatic carbocycles. The van der Waals surface area contributed by atoms with Gasteiger partial charge < -0.3 is 20.5 Å². The molecule has 0 aliphatic carbocycles. The van der Waals surface area contributed by atoms with E-state index in [9.17, 15) is 14.4 Å². The van der Waals surface area contributed by atoms with Crippen LogP contribution in [0.2, 0.25) is 0 Å². The Bertz CT molecular complexity index is 745. The number of rotatable bonds is 8. The Kier molecular flexibility index (Phi) is 6.13. The molecule has 0 heterocycles. The number of benzene rings is 2. The van der Waals surface area contributed by atoms with Gasteiger partial charge in [0.25, 0.3) is 5.91 Å². The molecule has 126 valence electrons. The summed E-state index contributed by atoms with van der Waals surface area (Å²) in [4.78, 5) is 33.4. The lowest BCUT2D eigenvalue weighted by atomic mass is 10.1. The van der Waals surface area contributed by atoms with Crippen LogP contribution in [-0.4, -0.2) is 42.6 Å². The molecule has 0 radical (unpaired) electrons. The minimum atomic E-state index is -0.997. The smallest absolute Gasteiger partial charge is 0.305 e. The van der Waals surface area contributed by atoms with E-state index in [-0.39, 0.29) is 26.1 Å². The van der Waals surface area contributed by atoms with Crippen LogP contribution >= 0.6 is 0 Å². The number of carbonyl (C=O) groups is 3. The maximum absolute atomic E-state index is 11.7. The molecule has 0 spiro atoms. The number of hydrogen-bond donors (Lipinski definition) is 3. The molecule has 0 saturated heterocycles. The molecule has 0 fully saturated rings. The molecule has 0 aliphatic heterocycles. The first kappa shape index (κ1) is 17.3. The number of fused-ring (bicyclic) bond motifs is 1. The molecule has 7 heteroatoms. The minimum Gasteiger partial charge on any atom is -0.484 e. The van der Waals surface area contributed by atoms with Gasteiger partial charge >= 0.3 is 5.97 Å². The van der Waals surface area contributed by atoms with E-state index in [1.54, 1.807) is 6.07 Å². The molecule has 0 atom stereocenters. The van der Waals surface area contributed by atoms with Gasteiger partial charge in [0.05, 0.1) is 13.0 Å². The lowest BCUT2D eigenvalue weighted by Gasteiger charge is -2.08. The fourth-order valence-corrected chi connectivity index (χ4v) is 2.01. The summed E-state index contributed by atoms with van der Waals surface area (Å²) in [5.41, 5.74) is 0. The Morgan fingerprint density at radius 2 is 1.71 bits per heavy atom. The highest BCUT2D eigenvalue weighted by atomic mass is 16.5. The molecule has 24 heavy (non-hydrogen) atoms. The van der Waals surface area contributed by atoms with Crippen molar-refractivity contribution in [3.05, 3.63) is 42.5 Å². The van der Waals surface area contributed by atoms with Crippen molar-refractivity contribution in [2.45, 2.75) is 6.42 Å². The number of carboxylic acids is 1. The van der Waals surface area contributed by atoms with Crippen LogP contribution < -0.4 is 15.4 Å². The third-order valence-corrected chi connectivity index (χ3v) is 3.20. The van der Waals surface area contributed by atoms with E-state index in [0.29, 0.717) is 5.75 Å². The molecule has 0 aromatic heterocycles. The average molecular weight is 330 g/mol. The van der Waals surface area contributed by atoms with Crippen molar-refractivity contribution in [2.24, 2.45) is 0 Å². The van der Waals surface area contributed by atoms with Crippen molar-refractivity contribution in [1.29, 1.82) is 0 Å². The quantitative estimate of drug-likeness (QED) is 0.668. The second kappa shape index (κ2) is 8.52. The highest BCUT2D eigenvalue weighted by Crippen LogP contribution is 2.20. The summed E-state index contributed by atoms with van der Waals surface area (Å²) in [6.45, 7) is -0.405. The number of carboxylic acid groups (broad SMARTS) is 1. The van der Waals surface area contributed by atoms with Crippen LogP contribution in [0.4, 0.5) is 0 Å². The Hall–Kier alpha value is -3.09. The molecule has 0 aliphatic rings. The molecular formula is C17H18N2O5. The Morgan fingerprint density at radius 1 is 0.958 bits per heavy atom. The van der Waals surface area contributed by atoms with E-state index in [2.05, 4.69) is 10.6 Å². The SMILES string of the molecule is O=C(O)CCNC(=O)CNC(=O)COc1ccc2ccccc2c1. The first-order chi connectivity index (χ1) is 11.5. The van der Waals surface area contributed by atoms with Gasteiger partial charge in [0, 0.05) is 6.54 Å². The lowest BCUT2D eigenvalue weighted by molar-refractivity contribution is -0.137. The maximum Gasteiger partial charge on any atom is 0.305 e. The molecule has 2 aromatic rings. The second-order valence-corrected chi connectivity index (χ2v) is 5.07. The van der Waals surface area contributed by atoms with Crippen molar-refractivity contribution in [3.8, 4) is 5.75 Å². The molecule has 0 unspecified atom stereocenters. The van der Waals surface area contributed by atoms with Gasteiger partial charge in [-0.05, 0) is 22.9 Å². The number of ether oxygens (including phenoxy) is 1. The van der Waals surface area contributed by atoms with Crippen molar-refractivity contribution < 1.29 is 24.2 Å². The Labute approximate surface area is 138 Å². The minimum absolute atomic E-state index is 0.0254. The molecular weight excluding hydrogens is 312 g/mol. The normalized spacial score (nSPS) is 10.2. The van der Waals surface area contributed by atoms with Crippen molar-refractivity contribution in [3.63, 3.8) is 0 Å². The summed E-state index contributed by atoms with van der Waals surface area (Å²) in [5.74, 6) is -1.32. The van der Waals surface area contributed by atoms with Crippen LogP contribution in [0.5, 0.6) is 5.75 Å². The zero-order chi connectivity index (χ0) is 17.4. The predicted octanol–water partition coefficient (Wildman–Crippen LogP) is 0.926. The summed E-state index contributed by atoms with van der Waals surface area (Å²) >= 11 is 0. The predicted molar refractivity (Wildman–Crippen MR) is 87.7 cm³/mol. The number of hydrogen-bond acceptors (Lipinski definition) is 4. The summed E-state index contributed by atoms with van der Waals surface area (Å²) in [5, 5.41) is 15.3. The van der Waals surface area contributed by atoms with E-state index in [1.807, 2.05) is 36.4 Å². The third kappa shape index (κ3) is 5.60. The van der Waals surface area contributed by atoms with Gasteiger partial charge in [-0.25, -0.2) is 0 Å². The standard InChI is InChI=1S/C17H18N2O5/c20-15(18-8-7-17(22)23)10-19-16(21)11-24-14-6-5-12-3-1-2-4-13(12)9-14/h1-6,9H,7-8,10-11H2,(H,18,20)(H,19,21)(H,22,23). The van der Waals surface area contributed by atoms with Crippen LogP contribution in [0, 0.1) is 0 Å². The number of amides is 2.